The zero-order valence-electron chi connectivity index (χ0n) is 5.36. The van der Waals surface area contributed by atoms with Gasteiger partial charge in [-0.3, -0.25) is 0 Å². The van der Waals surface area contributed by atoms with E-state index in [9.17, 15) is 0 Å². The van der Waals surface area contributed by atoms with Gasteiger partial charge in [-0.15, -0.1) is 10.2 Å². The predicted molar refractivity (Wildman–Crippen MR) is 32.9 cm³/mol. The molecule has 56 valence electrons. The van der Waals surface area contributed by atoms with Crippen molar-refractivity contribution in [3.05, 3.63) is 5.82 Å². The highest BCUT2D eigenvalue weighted by atomic mass is 16.3. The summed E-state index contributed by atoms with van der Waals surface area (Å²) in [6.07, 6.45) is 0.451. The first-order valence-corrected chi connectivity index (χ1v) is 2.91. The second-order valence-corrected chi connectivity index (χ2v) is 1.97. The highest BCUT2D eigenvalue weighted by Crippen LogP contribution is 1.88. The molecule has 0 spiro atoms. The first-order valence-electron chi connectivity index (χ1n) is 2.91. The summed E-state index contributed by atoms with van der Waals surface area (Å²) in [7, 11) is 0. The van der Waals surface area contributed by atoms with Gasteiger partial charge in [-0.2, -0.15) is 5.21 Å². The molecule has 0 fully saturated rings. The van der Waals surface area contributed by atoms with Crippen LogP contribution in [0.5, 0.6) is 0 Å². The van der Waals surface area contributed by atoms with Gasteiger partial charge in [-0.25, -0.2) is 0 Å². The van der Waals surface area contributed by atoms with Gasteiger partial charge in [0, 0.05) is 12.5 Å². The number of nitrogens with one attached hydrogen (secondary N) is 1. The summed E-state index contributed by atoms with van der Waals surface area (Å²) in [6, 6.07) is -0.294. The minimum atomic E-state index is -0.294. The summed E-state index contributed by atoms with van der Waals surface area (Å²) in [6.45, 7) is -0.0610. The molecule has 10 heavy (non-hydrogen) atoms. The average Bonchev–Trinajstić information content (AvgIpc) is 2.40. The van der Waals surface area contributed by atoms with E-state index in [1.54, 1.807) is 0 Å². The van der Waals surface area contributed by atoms with E-state index in [0.717, 1.165) is 0 Å². The number of nitrogens with zero attached hydrogens (tertiary/aromatic N) is 3. The van der Waals surface area contributed by atoms with E-state index in [-0.39, 0.29) is 12.6 Å². The molecule has 0 saturated carbocycles. The lowest BCUT2D eigenvalue weighted by Gasteiger charge is -2.01. The zero-order chi connectivity index (χ0) is 7.40. The van der Waals surface area contributed by atoms with E-state index in [1.807, 2.05) is 0 Å². The molecule has 1 aromatic rings. The summed E-state index contributed by atoms with van der Waals surface area (Å²) >= 11 is 0. The summed E-state index contributed by atoms with van der Waals surface area (Å²) < 4.78 is 0. The van der Waals surface area contributed by atoms with E-state index in [0.29, 0.717) is 12.2 Å². The molecule has 1 heterocycles. The maximum atomic E-state index is 8.52. The molecule has 0 aliphatic rings. The fraction of sp³-hybridized carbons (Fsp3) is 0.750. The van der Waals surface area contributed by atoms with Gasteiger partial charge in [-0.05, 0) is 0 Å². The molecule has 0 bridgehead atoms. The molecular formula is C4H9N5O. The van der Waals surface area contributed by atoms with Crippen LogP contribution >= 0.6 is 0 Å². The molecule has 0 aliphatic heterocycles. The molecule has 1 rings (SSSR count). The summed E-state index contributed by atoms with van der Waals surface area (Å²) in [5.74, 6) is 0.529. The number of hydrogen-bond acceptors (Lipinski definition) is 5. The number of aromatic nitrogens is 4. The third kappa shape index (κ3) is 1.74. The van der Waals surface area contributed by atoms with Crippen LogP contribution in [0.4, 0.5) is 0 Å². The summed E-state index contributed by atoms with van der Waals surface area (Å²) in [5, 5.41) is 21.5. The van der Waals surface area contributed by atoms with Gasteiger partial charge in [-0.1, -0.05) is 5.21 Å². The minimum Gasteiger partial charge on any atom is -0.395 e. The molecule has 0 amide bonds. The Labute approximate surface area is 57.4 Å². The molecule has 0 saturated heterocycles. The second-order valence-electron chi connectivity index (χ2n) is 1.97. The Morgan fingerprint density at radius 2 is 2.50 bits per heavy atom. The van der Waals surface area contributed by atoms with Gasteiger partial charge < -0.3 is 10.8 Å². The fourth-order valence-electron chi connectivity index (χ4n) is 0.568. The molecule has 0 aliphatic carbocycles. The molecule has 0 radical (unpaired) electrons. The Kier molecular flexibility index (Phi) is 2.30. The number of nitrogens with two attached hydrogens (primary N) is 1. The SMILES string of the molecule is NC(CO)Cc1nn[nH]n1. The second kappa shape index (κ2) is 3.23. The molecule has 4 N–H and O–H groups in total. The molecule has 1 atom stereocenters. The third-order valence-corrected chi connectivity index (χ3v) is 1.07. The standard InChI is InChI=1S/C4H9N5O/c5-3(2-10)1-4-6-8-9-7-4/h3,10H,1-2,5H2,(H,6,7,8,9). The smallest absolute Gasteiger partial charge is 0.176 e. The number of aliphatic hydroxyl groups excluding tert-OH is 1. The Bertz CT molecular complexity index is 174. The van der Waals surface area contributed by atoms with Crippen molar-refractivity contribution in [3.63, 3.8) is 0 Å². The number of aromatic amines is 1. The van der Waals surface area contributed by atoms with Crippen LogP contribution in [0.2, 0.25) is 0 Å². The van der Waals surface area contributed by atoms with Gasteiger partial charge in [0.05, 0.1) is 6.61 Å². The molecule has 6 heteroatoms. The van der Waals surface area contributed by atoms with Crippen LogP contribution in [0.3, 0.4) is 0 Å². The van der Waals surface area contributed by atoms with E-state index in [1.165, 1.54) is 0 Å². The monoisotopic (exact) mass is 143 g/mol. The van der Waals surface area contributed by atoms with E-state index < -0.39 is 0 Å². The Morgan fingerprint density at radius 3 is 3.00 bits per heavy atom. The van der Waals surface area contributed by atoms with Crippen molar-refractivity contribution in [2.45, 2.75) is 12.5 Å². The van der Waals surface area contributed by atoms with Crippen molar-refractivity contribution < 1.29 is 5.11 Å². The van der Waals surface area contributed by atoms with Gasteiger partial charge >= 0.3 is 0 Å². The molecule has 1 aromatic heterocycles. The van der Waals surface area contributed by atoms with Crippen LogP contribution in [-0.2, 0) is 6.42 Å². The lowest BCUT2D eigenvalue weighted by Crippen LogP contribution is -2.27. The van der Waals surface area contributed by atoms with Crippen molar-refractivity contribution in [2.75, 3.05) is 6.61 Å². The summed E-state index contributed by atoms with van der Waals surface area (Å²) in [5.41, 5.74) is 5.39. The molecule has 0 aromatic carbocycles. The first-order chi connectivity index (χ1) is 4.83. The van der Waals surface area contributed by atoms with Crippen molar-refractivity contribution in [3.8, 4) is 0 Å². The lowest BCUT2D eigenvalue weighted by atomic mass is 10.2. The Hall–Kier alpha value is -1.01. The van der Waals surface area contributed by atoms with Gasteiger partial charge in [0.2, 0.25) is 0 Å². The predicted octanol–water partition coefficient (Wildman–Crippen LogP) is -1.94. The van der Waals surface area contributed by atoms with E-state index >= 15 is 0 Å². The number of hydrogen-bond donors (Lipinski definition) is 3. The van der Waals surface area contributed by atoms with Crippen LogP contribution < -0.4 is 5.73 Å². The highest BCUT2D eigenvalue weighted by molar-refractivity contribution is 4.81. The first kappa shape index (κ1) is 7.10. The third-order valence-electron chi connectivity index (χ3n) is 1.07. The maximum absolute atomic E-state index is 8.52. The number of tetrazole rings is 1. The number of H-pyrrole nitrogens is 1. The van der Waals surface area contributed by atoms with Crippen molar-refractivity contribution in [2.24, 2.45) is 5.73 Å². The van der Waals surface area contributed by atoms with Crippen LogP contribution in [0.25, 0.3) is 0 Å². The fourth-order valence-corrected chi connectivity index (χ4v) is 0.568. The van der Waals surface area contributed by atoms with Crippen LogP contribution in [-0.4, -0.2) is 38.4 Å². The molecular weight excluding hydrogens is 134 g/mol. The minimum absolute atomic E-state index is 0.0610. The van der Waals surface area contributed by atoms with Gasteiger partial charge in [0.15, 0.2) is 5.82 Å². The van der Waals surface area contributed by atoms with E-state index in [4.69, 9.17) is 10.8 Å². The van der Waals surface area contributed by atoms with Gasteiger partial charge in [0.25, 0.3) is 0 Å². The quantitative estimate of drug-likeness (QED) is 0.457. The van der Waals surface area contributed by atoms with Crippen molar-refractivity contribution in [1.82, 2.24) is 20.6 Å². The Balaban J connectivity index is 2.40. The molecule has 6 nitrogen and oxygen atoms in total. The van der Waals surface area contributed by atoms with E-state index in [2.05, 4.69) is 20.6 Å². The van der Waals surface area contributed by atoms with Crippen LogP contribution in [0.15, 0.2) is 0 Å². The molecule has 1 unspecified atom stereocenters. The maximum Gasteiger partial charge on any atom is 0.176 e. The highest BCUT2D eigenvalue weighted by Gasteiger charge is 2.04. The largest absolute Gasteiger partial charge is 0.395 e. The number of rotatable bonds is 3. The lowest BCUT2D eigenvalue weighted by molar-refractivity contribution is 0.264. The Morgan fingerprint density at radius 1 is 1.70 bits per heavy atom. The topological polar surface area (TPSA) is 101 Å². The van der Waals surface area contributed by atoms with Crippen molar-refractivity contribution in [1.29, 1.82) is 0 Å². The average molecular weight is 143 g/mol. The van der Waals surface area contributed by atoms with Crippen molar-refractivity contribution >= 4 is 0 Å². The number of aliphatic hydroxyl groups is 1. The van der Waals surface area contributed by atoms with Crippen LogP contribution in [0.1, 0.15) is 5.82 Å². The zero-order valence-corrected chi connectivity index (χ0v) is 5.36. The summed E-state index contributed by atoms with van der Waals surface area (Å²) in [4.78, 5) is 0. The van der Waals surface area contributed by atoms with Gasteiger partial charge in [0.1, 0.15) is 0 Å². The normalized spacial score (nSPS) is 13.4. The van der Waals surface area contributed by atoms with Crippen LogP contribution in [0, 0.1) is 0 Å².